The lowest BCUT2D eigenvalue weighted by molar-refractivity contribution is 0.414. The zero-order valence-corrected chi connectivity index (χ0v) is 15.4. The van der Waals surface area contributed by atoms with Gasteiger partial charge in [-0.1, -0.05) is 18.2 Å². The lowest BCUT2D eigenvalue weighted by Crippen LogP contribution is -2.42. The minimum Gasteiger partial charge on any atom is -0.371 e. The summed E-state index contributed by atoms with van der Waals surface area (Å²) >= 11 is 0. The van der Waals surface area contributed by atoms with Crippen LogP contribution >= 0.6 is 0 Å². The number of imidazole rings is 1. The van der Waals surface area contributed by atoms with E-state index in [-0.39, 0.29) is 5.69 Å². The Labute approximate surface area is 153 Å². The maximum Gasteiger partial charge on any atom is 0.323 e. The van der Waals surface area contributed by atoms with Crippen LogP contribution in [0.1, 0.15) is 29.5 Å². The lowest BCUT2D eigenvalue weighted by atomic mass is 10.0. The quantitative estimate of drug-likeness (QED) is 0.677. The largest absolute Gasteiger partial charge is 0.371 e. The summed E-state index contributed by atoms with van der Waals surface area (Å²) in [5, 5.41) is 3.68. The molecule has 0 amide bonds. The fourth-order valence-corrected chi connectivity index (χ4v) is 3.85. The van der Waals surface area contributed by atoms with E-state index in [0.29, 0.717) is 6.04 Å². The van der Waals surface area contributed by atoms with Crippen molar-refractivity contribution in [3.05, 3.63) is 63.6 Å². The summed E-state index contributed by atoms with van der Waals surface area (Å²) in [6.45, 7) is 7.41. The van der Waals surface area contributed by atoms with Gasteiger partial charge in [0.05, 0.1) is 11.0 Å². The van der Waals surface area contributed by atoms with Crippen molar-refractivity contribution in [2.75, 3.05) is 18.0 Å². The second-order valence-electron chi connectivity index (χ2n) is 7.32. The maximum atomic E-state index is 11.4. The van der Waals surface area contributed by atoms with Crippen LogP contribution in [0.15, 0.2) is 41.2 Å². The second kappa shape index (κ2) is 7.00. The van der Waals surface area contributed by atoms with Gasteiger partial charge >= 0.3 is 5.69 Å². The van der Waals surface area contributed by atoms with E-state index in [1.54, 1.807) is 0 Å². The fourth-order valence-electron chi connectivity index (χ4n) is 3.85. The van der Waals surface area contributed by atoms with Crippen LogP contribution in [0.4, 0.5) is 5.69 Å². The fraction of sp³-hybridized carbons (Fsp3) is 0.381. The highest BCUT2D eigenvalue weighted by Crippen LogP contribution is 2.26. The van der Waals surface area contributed by atoms with Crippen molar-refractivity contribution in [1.29, 1.82) is 0 Å². The van der Waals surface area contributed by atoms with Crippen molar-refractivity contribution in [1.82, 2.24) is 15.3 Å². The summed E-state index contributed by atoms with van der Waals surface area (Å²) in [7, 11) is 0. The number of rotatable bonds is 4. The highest BCUT2D eigenvalue weighted by atomic mass is 16.1. The van der Waals surface area contributed by atoms with Gasteiger partial charge in [0.15, 0.2) is 0 Å². The molecule has 0 bridgehead atoms. The second-order valence-corrected chi connectivity index (χ2v) is 7.32. The minimum absolute atomic E-state index is 0.149. The van der Waals surface area contributed by atoms with Crippen LogP contribution in [0, 0.1) is 13.8 Å². The van der Waals surface area contributed by atoms with Gasteiger partial charge in [0.1, 0.15) is 0 Å². The van der Waals surface area contributed by atoms with Gasteiger partial charge in [-0.2, -0.15) is 0 Å². The molecule has 1 aliphatic rings. The molecule has 0 unspecified atom stereocenters. The number of anilines is 1. The van der Waals surface area contributed by atoms with E-state index in [1.807, 2.05) is 12.1 Å². The molecule has 0 aliphatic carbocycles. The van der Waals surface area contributed by atoms with Crippen LogP contribution in [0.25, 0.3) is 11.0 Å². The number of hydrogen-bond donors (Lipinski definition) is 3. The minimum atomic E-state index is -0.149. The van der Waals surface area contributed by atoms with Crippen molar-refractivity contribution >= 4 is 16.7 Å². The van der Waals surface area contributed by atoms with E-state index in [0.717, 1.165) is 43.5 Å². The number of nitrogens with one attached hydrogen (secondary N) is 3. The molecule has 3 aromatic rings. The van der Waals surface area contributed by atoms with E-state index >= 15 is 0 Å². The molecule has 2 aromatic carbocycles. The molecule has 0 spiro atoms. The lowest BCUT2D eigenvalue weighted by Gasteiger charge is -2.35. The van der Waals surface area contributed by atoms with Gasteiger partial charge in [0.2, 0.25) is 0 Å². The maximum absolute atomic E-state index is 11.4. The molecule has 1 aromatic heterocycles. The number of aromatic amines is 2. The third kappa shape index (κ3) is 3.40. The summed E-state index contributed by atoms with van der Waals surface area (Å²) in [4.78, 5) is 19.5. The number of aromatic nitrogens is 2. The van der Waals surface area contributed by atoms with Crippen molar-refractivity contribution in [3.8, 4) is 0 Å². The molecule has 1 aliphatic heterocycles. The monoisotopic (exact) mass is 350 g/mol. The zero-order valence-electron chi connectivity index (χ0n) is 15.4. The molecule has 4 rings (SSSR count). The van der Waals surface area contributed by atoms with Crippen LogP contribution in [0.5, 0.6) is 0 Å². The molecule has 2 heterocycles. The van der Waals surface area contributed by atoms with Crippen molar-refractivity contribution in [2.24, 2.45) is 0 Å². The van der Waals surface area contributed by atoms with Crippen LogP contribution in [0.2, 0.25) is 0 Å². The van der Waals surface area contributed by atoms with Crippen molar-refractivity contribution < 1.29 is 0 Å². The van der Waals surface area contributed by atoms with Gasteiger partial charge in [-0.05, 0) is 61.6 Å². The Kier molecular flexibility index (Phi) is 4.55. The Morgan fingerprint density at radius 1 is 1.08 bits per heavy atom. The van der Waals surface area contributed by atoms with Gasteiger partial charge < -0.3 is 20.2 Å². The number of hydrogen-bond acceptors (Lipinski definition) is 3. The highest BCUT2D eigenvalue weighted by Gasteiger charge is 2.20. The average Bonchev–Trinajstić information content (AvgIpc) is 3.02. The van der Waals surface area contributed by atoms with E-state index in [2.05, 4.69) is 58.3 Å². The molecule has 1 fully saturated rings. The zero-order chi connectivity index (χ0) is 18.1. The van der Waals surface area contributed by atoms with E-state index in [4.69, 9.17) is 0 Å². The van der Waals surface area contributed by atoms with Gasteiger partial charge in [-0.3, -0.25) is 0 Å². The SMILES string of the molecule is Cc1cccc(N2CCC(NCc3ccc4[nH]c(=O)[nH]c4c3)CC2)c1C. The van der Waals surface area contributed by atoms with Crippen LogP contribution in [-0.4, -0.2) is 29.1 Å². The first kappa shape index (κ1) is 16.9. The Hall–Kier alpha value is -2.53. The average molecular weight is 350 g/mol. The molecule has 5 nitrogen and oxygen atoms in total. The third-order valence-corrected chi connectivity index (χ3v) is 5.59. The molecule has 5 heteroatoms. The van der Waals surface area contributed by atoms with E-state index in [9.17, 15) is 4.79 Å². The van der Waals surface area contributed by atoms with Crippen molar-refractivity contribution in [3.63, 3.8) is 0 Å². The first-order valence-electron chi connectivity index (χ1n) is 9.35. The first-order chi connectivity index (χ1) is 12.6. The number of piperidine rings is 1. The van der Waals surface area contributed by atoms with Crippen LogP contribution in [-0.2, 0) is 6.54 Å². The molecule has 3 N–H and O–H groups in total. The predicted octanol–water partition coefficient (Wildman–Crippen LogP) is 3.23. The number of aryl methyl sites for hydroxylation is 1. The molecule has 1 saturated heterocycles. The molecule has 0 atom stereocenters. The predicted molar refractivity (Wildman–Crippen MR) is 107 cm³/mol. The first-order valence-corrected chi connectivity index (χ1v) is 9.35. The molecular weight excluding hydrogens is 324 g/mol. The molecule has 26 heavy (non-hydrogen) atoms. The standard InChI is InChI=1S/C21H26N4O/c1-14-4-3-5-20(15(14)2)25-10-8-17(9-11-25)22-13-16-6-7-18-19(12-16)24-21(26)23-18/h3-7,12,17,22H,8-11,13H2,1-2H3,(H2,23,24,26). The number of benzene rings is 2. The Balaban J connectivity index is 1.34. The van der Waals surface area contributed by atoms with Gasteiger partial charge in [-0.25, -0.2) is 4.79 Å². The van der Waals surface area contributed by atoms with E-state index < -0.39 is 0 Å². The summed E-state index contributed by atoms with van der Waals surface area (Å²) in [6.07, 6.45) is 2.30. The van der Waals surface area contributed by atoms with Crippen molar-refractivity contribution in [2.45, 2.75) is 39.3 Å². The smallest absolute Gasteiger partial charge is 0.323 e. The third-order valence-electron chi connectivity index (χ3n) is 5.59. The van der Waals surface area contributed by atoms with Crippen LogP contribution < -0.4 is 15.9 Å². The topological polar surface area (TPSA) is 63.9 Å². The number of H-pyrrole nitrogens is 2. The van der Waals surface area contributed by atoms with Gasteiger partial charge in [-0.15, -0.1) is 0 Å². The normalized spacial score (nSPS) is 15.7. The van der Waals surface area contributed by atoms with Gasteiger partial charge in [0.25, 0.3) is 0 Å². The van der Waals surface area contributed by atoms with E-state index in [1.165, 1.54) is 22.4 Å². The van der Waals surface area contributed by atoms with Gasteiger partial charge in [0, 0.05) is 31.4 Å². The molecule has 136 valence electrons. The molecule has 0 saturated carbocycles. The highest BCUT2D eigenvalue weighted by molar-refractivity contribution is 5.75. The summed E-state index contributed by atoms with van der Waals surface area (Å²) in [5.41, 5.74) is 6.92. The number of fused-ring (bicyclic) bond motifs is 1. The summed E-state index contributed by atoms with van der Waals surface area (Å²) < 4.78 is 0. The number of nitrogens with zero attached hydrogens (tertiary/aromatic N) is 1. The van der Waals surface area contributed by atoms with Crippen LogP contribution in [0.3, 0.4) is 0 Å². The summed E-state index contributed by atoms with van der Waals surface area (Å²) in [6, 6.07) is 13.2. The Bertz CT molecular complexity index is 964. The molecular formula is C21H26N4O. The Morgan fingerprint density at radius 2 is 1.85 bits per heavy atom. The molecule has 0 radical (unpaired) electrons. The summed E-state index contributed by atoms with van der Waals surface area (Å²) in [5.74, 6) is 0. The Morgan fingerprint density at radius 3 is 2.65 bits per heavy atom.